The van der Waals surface area contributed by atoms with Crippen molar-refractivity contribution in [1.29, 1.82) is 0 Å². The fourth-order valence-corrected chi connectivity index (χ4v) is 3.02. The molecule has 0 aliphatic carbocycles. The molecule has 0 unspecified atom stereocenters. The molecule has 130 valence electrons. The molecular weight excluding hydrogens is 350 g/mol. The van der Waals surface area contributed by atoms with Crippen molar-refractivity contribution >= 4 is 34.1 Å². The second-order valence-electron chi connectivity index (χ2n) is 5.80. The molecule has 0 bridgehead atoms. The number of aromatic nitrogens is 4. The molecule has 0 radical (unpaired) electrons. The first kappa shape index (κ1) is 16.4. The van der Waals surface area contributed by atoms with Crippen molar-refractivity contribution in [2.24, 2.45) is 0 Å². The molecule has 0 fully saturated rings. The number of para-hydroxylation sites is 1. The lowest BCUT2D eigenvalue weighted by molar-refractivity contribution is 0.101. The Morgan fingerprint density at radius 1 is 1.23 bits per heavy atom. The van der Waals surface area contributed by atoms with Crippen molar-refractivity contribution in [1.82, 2.24) is 19.7 Å². The van der Waals surface area contributed by atoms with Crippen LogP contribution in [0.15, 0.2) is 54.7 Å². The van der Waals surface area contributed by atoms with Gasteiger partial charge in [-0.15, -0.1) is 5.10 Å². The van der Waals surface area contributed by atoms with E-state index in [-0.39, 0.29) is 11.7 Å². The zero-order valence-electron chi connectivity index (χ0n) is 14.0. The number of anilines is 1. The summed E-state index contributed by atoms with van der Waals surface area (Å²) in [4.78, 5) is 20.1. The van der Waals surface area contributed by atoms with Crippen molar-refractivity contribution in [2.45, 2.75) is 13.3 Å². The molecule has 4 aromatic rings. The number of H-pyrrole nitrogens is 1. The molecular formula is C19H16ClN5O. The van der Waals surface area contributed by atoms with Crippen LogP contribution in [0.25, 0.3) is 16.6 Å². The van der Waals surface area contributed by atoms with Crippen molar-refractivity contribution in [3.8, 4) is 5.69 Å². The zero-order chi connectivity index (χ0) is 18.1. The summed E-state index contributed by atoms with van der Waals surface area (Å²) in [5.41, 5.74) is 2.40. The Morgan fingerprint density at radius 3 is 2.88 bits per heavy atom. The standard InChI is InChI=1S/C19H16ClN5O/c1-2-17-23-18(24-25(17)16-6-4-3-5-14(16)20)19(26)22-13-7-8-15-12(11-13)9-10-21-15/h3-11,21H,2H2,1H3,(H,22,26). The molecule has 0 atom stereocenters. The van der Waals surface area contributed by atoms with E-state index in [1.165, 1.54) is 0 Å². The Morgan fingerprint density at radius 2 is 2.08 bits per heavy atom. The highest BCUT2D eigenvalue weighted by Gasteiger charge is 2.18. The number of aromatic amines is 1. The van der Waals surface area contributed by atoms with E-state index >= 15 is 0 Å². The zero-order valence-corrected chi connectivity index (χ0v) is 14.8. The number of amides is 1. The first-order chi connectivity index (χ1) is 12.7. The molecule has 7 heteroatoms. The molecule has 0 saturated heterocycles. The summed E-state index contributed by atoms with van der Waals surface area (Å²) in [6.07, 6.45) is 2.48. The highest BCUT2D eigenvalue weighted by atomic mass is 35.5. The molecule has 4 rings (SSSR count). The predicted octanol–water partition coefficient (Wildman–Crippen LogP) is 4.22. The average molecular weight is 366 g/mol. The molecule has 1 amide bonds. The Kier molecular flexibility index (Phi) is 4.18. The van der Waals surface area contributed by atoms with E-state index in [4.69, 9.17) is 11.6 Å². The van der Waals surface area contributed by atoms with Crippen LogP contribution < -0.4 is 5.32 Å². The van der Waals surface area contributed by atoms with Gasteiger partial charge >= 0.3 is 0 Å². The second-order valence-corrected chi connectivity index (χ2v) is 6.21. The van der Waals surface area contributed by atoms with Gasteiger partial charge in [0.25, 0.3) is 5.91 Å². The Hall–Kier alpha value is -3.12. The fourth-order valence-electron chi connectivity index (χ4n) is 2.80. The fraction of sp³-hybridized carbons (Fsp3) is 0.105. The van der Waals surface area contributed by atoms with Gasteiger partial charge in [-0.3, -0.25) is 4.79 Å². The quantitative estimate of drug-likeness (QED) is 0.568. The number of fused-ring (bicyclic) bond motifs is 1. The van der Waals surface area contributed by atoms with Crippen LogP contribution in [0.5, 0.6) is 0 Å². The van der Waals surface area contributed by atoms with Crippen LogP contribution >= 0.6 is 11.6 Å². The molecule has 26 heavy (non-hydrogen) atoms. The monoisotopic (exact) mass is 365 g/mol. The number of nitrogens with one attached hydrogen (secondary N) is 2. The van der Waals surface area contributed by atoms with Gasteiger partial charge in [-0.2, -0.15) is 0 Å². The SMILES string of the molecule is CCc1nc(C(=O)Nc2ccc3[nH]ccc3c2)nn1-c1ccccc1Cl. The maximum Gasteiger partial charge on any atom is 0.295 e. The number of aryl methyl sites for hydroxylation is 1. The van der Waals surface area contributed by atoms with Crippen LogP contribution in [0, 0.1) is 0 Å². The molecule has 6 nitrogen and oxygen atoms in total. The number of carbonyl (C=O) groups excluding carboxylic acids is 1. The van der Waals surface area contributed by atoms with Gasteiger partial charge in [-0.1, -0.05) is 30.7 Å². The maximum atomic E-state index is 12.6. The van der Waals surface area contributed by atoms with Gasteiger partial charge in [0.05, 0.1) is 10.7 Å². The predicted molar refractivity (Wildman–Crippen MR) is 102 cm³/mol. The third-order valence-corrected chi connectivity index (χ3v) is 4.40. The summed E-state index contributed by atoms with van der Waals surface area (Å²) in [5.74, 6) is 0.417. The number of rotatable bonds is 4. The molecule has 0 aliphatic heterocycles. The van der Waals surface area contributed by atoms with Crippen molar-refractivity contribution in [2.75, 3.05) is 5.32 Å². The summed E-state index contributed by atoms with van der Waals surface area (Å²) in [7, 11) is 0. The van der Waals surface area contributed by atoms with Crippen LogP contribution in [0.3, 0.4) is 0 Å². The first-order valence-electron chi connectivity index (χ1n) is 8.25. The van der Waals surface area contributed by atoms with Gasteiger partial charge in [0.2, 0.25) is 5.82 Å². The van der Waals surface area contributed by atoms with Crippen molar-refractivity contribution in [3.63, 3.8) is 0 Å². The van der Waals surface area contributed by atoms with Crippen LogP contribution in [-0.2, 0) is 6.42 Å². The van der Waals surface area contributed by atoms with Gasteiger partial charge in [0, 0.05) is 29.2 Å². The topological polar surface area (TPSA) is 75.6 Å². The Balaban J connectivity index is 1.65. The van der Waals surface area contributed by atoms with E-state index in [9.17, 15) is 4.79 Å². The number of carbonyl (C=O) groups is 1. The first-order valence-corrected chi connectivity index (χ1v) is 8.63. The number of nitrogens with zero attached hydrogens (tertiary/aromatic N) is 3. The molecule has 2 heterocycles. The minimum atomic E-state index is -0.361. The largest absolute Gasteiger partial charge is 0.361 e. The third-order valence-electron chi connectivity index (χ3n) is 4.09. The van der Waals surface area contributed by atoms with Crippen molar-refractivity contribution < 1.29 is 4.79 Å². The van der Waals surface area contributed by atoms with Crippen LogP contribution in [0.2, 0.25) is 5.02 Å². The lowest BCUT2D eigenvalue weighted by atomic mass is 10.2. The van der Waals surface area contributed by atoms with Gasteiger partial charge in [-0.05, 0) is 36.4 Å². The average Bonchev–Trinajstić information content (AvgIpc) is 3.28. The van der Waals surface area contributed by atoms with Gasteiger partial charge < -0.3 is 10.3 Å². The Bertz CT molecular complexity index is 1100. The minimum Gasteiger partial charge on any atom is -0.361 e. The summed E-state index contributed by atoms with van der Waals surface area (Å²) in [5, 5.41) is 8.78. The molecule has 0 saturated carbocycles. The molecule has 2 aromatic heterocycles. The van der Waals surface area contributed by atoms with Crippen LogP contribution in [0.1, 0.15) is 23.4 Å². The van der Waals surface area contributed by atoms with E-state index < -0.39 is 0 Å². The smallest absolute Gasteiger partial charge is 0.295 e. The van der Waals surface area contributed by atoms with Gasteiger partial charge in [0.15, 0.2) is 0 Å². The number of hydrogen-bond donors (Lipinski definition) is 2. The van der Waals surface area contributed by atoms with Crippen LogP contribution in [-0.4, -0.2) is 25.7 Å². The summed E-state index contributed by atoms with van der Waals surface area (Å²) < 4.78 is 1.62. The lowest BCUT2D eigenvalue weighted by Crippen LogP contribution is -2.14. The highest BCUT2D eigenvalue weighted by Crippen LogP contribution is 2.21. The maximum absolute atomic E-state index is 12.6. The Labute approximate surface area is 154 Å². The second kappa shape index (κ2) is 6.65. The summed E-state index contributed by atoms with van der Waals surface area (Å²) in [6, 6.07) is 14.9. The van der Waals surface area contributed by atoms with Crippen LogP contribution in [0.4, 0.5) is 5.69 Å². The van der Waals surface area contributed by atoms with E-state index in [0.29, 0.717) is 28.6 Å². The molecule has 2 aromatic carbocycles. The molecule has 2 N–H and O–H groups in total. The minimum absolute atomic E-state index is 0.107. The molecule has 0 spiro atoms. The number of hydrogen-bond acceptors (Lipinski definition) is 3. The summed E-state index contributed by atoms with van der Waals surface area (Å²) >= 11 is 6.26. The van der Waals surface area contributed by atoms with E-state index in [2.05, 4.69) is 20.4 Å². The molecule has 0 aliphatic rings. The number of benzene rings is 2. The van der Waals surface area contributed by atoms with E-state index in [0.717, 1.165) is 10.9 Å². The summed E-state index contributed by atoms with van der Waals surface area (Å²) in [6.45, 7) is 1.96. The third kappa shape index (κ3) is 2.95. The normalized spacial score (nSPS) is 11.0. The van der Waals surface area contributed by atoms with Gasteiger partial charge in [-0.25, -0.2) is 9.67 Å². The van der Waals surface area contributed by atoms with E-state index in [1.54, 1.807) is 10.7 Å². The lowest BCUT2D eigenvalue weighted by Gasteiger charge is -2.05. The highest BCUT2D eigenvalue weighted by molar-refractivity contribution is 6.32. The number of halogens is 1. The van der Waals surface area contributed by atoms with E-state index in [1.807, 2.05) is 55.6 Å². The van der Waals surface area contributed by atoms with Gasteiger partial charge in [0.1, 0.15) is 5.82 Å². The van der Waals surface area contributed by atoms with Crippen molar-refractivity contribution in [3.05, 3.63) is 71.4 Å².